The molecule has 27 heavy (non-hydrogen) atoms. The number of likely N-dealkylation sites (N-methyl/N-ethyl adjacent to an activating group) is 1. The summed E-state index contributed by atoms with van der Waals surface area (Å²) in [6.07, 6.45) is 6.15. The quantitative estimate of drug-likeness (QED) is 0.680. The third kappa shape index (κ3) is 4.03. The summed E-state index contributed by atoms with van der Waals surface area (Å²) in [5.74, 6) is 0.299. The Kier molecular flexibility index (Phi) is 5.89. The molecular weight excluding hydrogens is 342 g/mol. The van der Waals surface area contributed by atoms with Gasteiger partial charge in [-0.15, -0.1) is 0 Å². The highest BCUT2D eigenvalue weighted by Crippen LogP contribution is 2.34. The van der Waals surface area contributed by atoms with Gasteiger partial charge in [0.25, 0.3) is 0 Å². The van der Waals surface area contributed by atoms with E-state index in [-0.39, 0.29) is 17.7 Å². The minimum absolute atomic E-state index is 0.0299. The molecule has 7 nitrogen and oxygen atoms in total. The number of amides is 2. The van der Waals surface area contributed by atoms with Crippen molar-refractivity contribution in [3.63, 3.8) is 0 Å². The summed E-state index contributed by atoms with van der Waals surface area (Å²) in [6.45, 7) is 5.54. The Morgan fingerprint density at radius 2 is 1.93 bits per heavy atom. The van der Waals surface area contributed by atoms with Crippen LogP contribution in [-0.2, 0) is 16.0 Å². The molecule has 2 heterocycles. The molecule has 2 fully saturated rings. The SMILES string of the molecule is CCc1nc([C@@H]2CN(C)C[C@H]2C(=O)NC2(C(N)=O)CCCCCC2)c(C)[nH]1. The van der Waals surface area contributed by atoms with Gasteiger partial charge in [0.1, 0.15) is 11.4 Å². The topological polar surface area (TPSA) is 104 Å². The maximum absolute atomic E-state index is 13.3. The van der Waals surface area contributed by atoms with Crippen molar-refractivity contribution in [3.8, 4) is 0 Å². The number of nitrogens with zero attached hydrogens (tertiary/aromatic N) is 2. The van der Waals surface area contributed by atoms with E-state index in [2.05, 4.69) is 22.1 Å². The molecule has 1 saturated heterocycles. The smallest absolute Gasteiger partial charge is 0.243 e. The number of aryl methyl sites for hydroxylation is 2. The number of H-pyrrole nitrogens is 1. The highest BCUT2D eigenvalue weighted by Gasteiger charge is 2.44. The van der Waals surface area contributed by atoms with Gasteiger partial charge in [-0.3, -0.25) is 9.59 Å². The van der Waals surface area contributed by atoms with Gasteiger partial charge >= 0.3 is 0 Å². The number of carbonyl (C=O) groups excluding carboxylic acids is 2. The van der Waals surface area contributed by atoms with E-state index in [1.54, 1.807) is 0 Å². The van der Waals surface area contributed by atoms with Gasteiger partial charge in [-0.1, -0.05) is 32.6 Å². The van der Waals surface area contributed by atoms with Crippen LogP contribution in [0.25, 0.3) is 0 Å². The molecule has 0 aromatic carbocycles. The molecule has 0 unspecified atom stereocenters. The lowest BCUT2D eigenvalue weighted by Crippen LogP contribution is -2.58. The lowest BCUT2D eigenvalue weighted by molar-refractivity contribution is -0.134. The van der Waals surface area contributed by atoms with E-state index in [4.69, 9.17) is 10.7 Å². The predicted octanol–water partition coefficient (Wildman–Crippen LogP) is 1.62. The molecule has 1 saturated carbocycles. The Labute approximate surface area is 161 Å². The molecule has 1 aromatic heterocycles. The second-order valence-electron chi connectivity index (χ2n) is 8.33. The molecule has 4 N–H and O–H groups in total. The second-order valence-corrected chi connectivity index (χ2v) is 8.33. The van der Waals surface area contributed by atoms with Gasteiger partial charge in [-0.2, -0.15) is 0 Å². The molecule has 2 aliphatic rings. The van der Waals surface area contributed by atoms with Crippen LogP contribution in [0.4, 0.5) is 0 Å². The number of primary amides is 1. The average Bonchev–Trinajstić information content (AvgIpc) is 3.09. The van der Waals surface area contributed by atoms with Crippen LogP contribution in [0.3, 0.4) is 0 Å². The summed E-state index contributed by atoms with van der Waals surface area (Å²) in [4.78, 5) is 35.8. The number of aromatic nitrogens is 2. The number of rotatable bonds is 5. The molecule has 0 radical (unpaired) electrons. The lowest BCUT2D eigenvalue weighted by Gasteiger charge is -2.32. The van der Waals surface area contributed by atoms with Gasteiger partial charge in [0.2, 0.25) is 11.8 Å². The molecule has 0 spiro atoms. The van der Waals surface area contributed by atoms with Gasteiger partial charge in [0, 0.05) is 31.1 Å². The Balaban J connectivity index is 1.82. The van der Waals surface area contributed by atoms with Crippen LogP contribution in [0.5, 0.6) is 0 Å². The van der Waals surface area contributed by atoms with Crippen LogP contribution in [0.2, 0.25) is 0 Å². The molecular formula is C20H33N5O2. The summed E-state index contributed by atoms with van der Waals surface area (Å²) in [6, 6.07) is 0. The zero-order chi connectivity index (χ0) is 19.6. The fourth-order valence-electron chi connectivity index (χ4n) is 4.70. The molecule has 1 aromatic rings. The Morgan fingerprint density at radius 1 is 1.26 bits per heavy atom. The first-order chi connectivity index (χ1) is 12.9. The monoisotopic (exact) mass is 375 g/mol. The molecule has 3 rings (SSSR count). The number of nitrogens with two attached hydrogens (primary N) is 1. The first-order valence-electron chi connectivity index (χ1n) is 10.2. The van der Waals surface area contributed by atoms with E-state index >= 15 is 0 Å². The number of hydrogen-bond acceptors (Lipinski definition) is 4. The normalized spacial score (nSPS) is 25.9. The number of carbonyl (C=O) groups is 2. The van der Waals surface area contributed by atoms with Crippen molar-refractivity contribution in [3.05, 3.63) is 17.2 Å². The fourth-order valence-corrected chi connectivity index (χ4v) is 4.70. The van der Waals surface area contributed by atoms with Crippen molar-refractivity contribution in [2.75, 3.05) is 20.1 Å². The first kappa shape index (κ1) is 19.9. The first-order valence-corrected chi connectivity index (χ1v) is 10.2. The molecule has 2 amide bonds. The summed E-state index contributed by atoms with van der Waals surface area (Å²) >= 11 is 0. The third-order valence-electron chi connectivity index (χ3n) is 6.29. The van der Waals surface area contributed by atoms with Crippen molar-refractivity contribution >= 4 is 11.8 Å². The van der Waals surface area contributed by atoms with E-state index in [1.807, 2.05) is 14.0 Å². The van der Waals surface area contributed by atoms with Crippen LogP contribution in [-0.4, -0.2) is 52.4 Å². The summed E-state index contributed by atoms with van der Waals surface area (Å²) in [5, 5.41) is 3.10. The molecule has 150 valence electrons. The van der Waals surface area contributed by atoms with Crippen LogP contribution in [0, 0.1) is 12.8 Å². The lowest BCUT2D eigenvalue weighted by atomic mass is 9.86. The molecule has 2 atom stereocenters. The highest BCUT2D eigenvalue weighted by molar-refractivity contribution is 5.91. The van der Waals surface area contributed by atoms with E-state index in [0.717, 1.165) is 55.9 Å². The maximum atomic E-state index is 13.3. The maximum Gasteiger partial charge on any atom is 0.243 e. The number of likely N-dealkylation sites (tertiary alicyclic amines) is 1. The van der Waals surface area contributed by atoms with Crippen LogP contribution in [0.15, 0.2) is 0 Å². The zero-order valence-corrected chi connectivity index (χ0v) is 16.8. The number of imidazole rings is 1. The van der Waals surface area contributed by atoms with Crippen LogP contribution < -0.4 is 11.1 Å². The predicted molar refractivity (Wildman–Crippen MR) is 104 cm³/mol. The third-order valence-corrected chi connectivity index (χ3v) is 6.29. The second kappa shape index (κ2) is 8.00. The molecule has 1 aliphatic carbocycles. The van der Waals surface area contributed by atoms with E-state index in [9.17, 15) is 9.59 Å². The van der Waals surface area contributed by atoms with Gasteiger partial charge in [0.15, 0.2) is 0 Å². The van der Waals surface area contributed by atoms with Crippen molar-refractivity contribution in [1.82, 2.24) is 20.2 Å². The Bertz CT molecular complexity index is 691. The van der Waals surface area contributed by atoms with Gasteiger partial charge < -0.3 is 20.9 Å². The van der Waals surface area contributed by atoms with Crippen molar-refractivity contribution < 1.29 is 9.59 Å². The van der Waals surface area contributed by atoms with Crippen molar-refractivity contribution in [2.24, 2.45) is 11.7 Å². The number of nitrogens with one attached hydrogen (secondary N) is 2. The molecule has 1 aliphatic heterocycles. The summed E-state index contributed by atoms with van der Waals surface area (Å²) < 4.78 is 0. The van der Waals surface area contributed by atoms with Gasteiger partial charge in [-0.25, -0.2) is 4.98 Å². The van der Waals surface area contributed by atoms with Crippen molar-refractivity contribution in [2.45, 2.75) is 70.3 Å². The number of aromatic amines is 1. The molecule has 0 bridgehead atoms. The fraction of sp³-hybridized carbons (Fsp3) is 0.750. The zero-order valence-electron chi connectivity index (χ0n) is 16.8. The highest BCUT2D eigenvalue weighted by atomic mass is 16.2. The van der Waals surface area contributed by atoms with Gasteiger partial charge in [-0.05, 0) is 26.8 Å². The van der Waals surface area contributed by atoms with Crippen LogP contribution in [0.1, 0.15) is 68.6 Å². The Hall–Kier alpha value is -1.89. The summed E-state index contributed by atoms with van der Waals surface area (Å²) in [5.41, 5.74) is 6.87. The standard InChI is InChI=1S/C20H33N5O2/c1-4-16-22-13(2)17(23-16)14-11-25(3)12-15(14)18(26)24-20(19(21)27)9-7-5-6-8-10-20/h14-15H,4-12H2,1-3H3,(H2,21,27)(H,22,23)(H,24,26)/t14-,15-/m1/s1. The largest absolute Gasteiger partial charge is 0.368 e. The number of hydrogen-bond donors (Lipinski definition) is 3. The van der Waals surface area contributed by atoms with Crippen molar-refractivity contribution in [1.29, 1.82) is 0 Å². The van der Waals surface area contributed by atoms with Gasteiger partial charge in [0.05, 0.1) is 11.6 Å². The van der Waals surface area contributed by atoms with E-state index in [1.165, 1.54) is 0 Å². The minimum atomic E-state index is -0.894. The summed E-state index contributed by atoms with van der Waals surface area (Å²) in [7, 11) is 2.03. The van der Waals surface area contributed by atoms with E-state index < -0.39 is 11.4 Å². The Morgan fingerprint density at radius 3 is 2.48 bits per heavy atom. The van der Waals surface area contributed by atoms with E-state index in [0.29, 0.717) is 19.4 Å². The average molecular weight is 376 g/mol. The minimum Gasteiger partial charge on any atom is -0.368 e. The molecule has 7 heteroatoms. The van der Waals surface area contributed by atoms with Crippen LogP contribution >= 0.6 is 0 Å².